The molecule has 0 aromatic heterocycles. The van der Waals surface area contributed by atoms with Gasteiger partial charge in [0, 0.05) is 71.8 Å². The smallest absolute Gasteiger partial charge is 0.410 e. The SMILES string of the molecule is O=C(S[C@H]1C[C@@H](CS[C@H]2CCN(C(=O)OCc3ccc([N+](=O)[O-])cc3)C2)N(C(=O)OCc2ccc([N+](=O)[O-])cc2)C1)c1ccccc1. The molecule has 2 aliphatic heterocycles. The van der Waals surface area contributed by atoms with Crippen molar-refractivity contribution in [3.05, 3.63) is 116 Å². The second-order valence-corrected chi connectivity index (χ2v) is 13.7. The number of amides is 2. The largest absolute Gasteiger partial charge is 0.445 e. The van der Waals surface area contributed by atoms with Gasteiger partial charge >= 0.3 is 12.2 Å². The second-order valence-electron chi connectivity index (χ2n) is 11.1. The molecule has 2 fully saturated rings. The van der Waals surface area contributed by atoms with E-state index in [2.05, 4.69) is 0 Å². The van der Waals surface area contributed by atoms with E-state index in [9.17, 15) is 34.6 Å². The highest BCUT2D eigenvalue weighted by molar-refractivity contribution is 8.14. The van der Waals surface area contributed by atoms with Crippen molar-refractivity contribution in [1.29, 1.82) is 0 Å². The Morgan fingerprint density at radius 3 is 1.91 bits per heavy atom. The molecule has 0 unspecified atom stereocenters. The molecular weight excluding hydrogens is 649 g/mol. The highest BCUT2D eigenvalue weighted by Crippen LogP contribution is 2.34. The van der Waals surface area contributed by atoms with Gasteiger partial charge in [0.1, 0.15) is 13.2 Å². The van der Waals surface area contributed by atoms with E-state index in [1.807, 2.05) is 6.07 Å². The number of hydrogen-bond donors (Lipinski definition) is 0. The number of nitrogens with zero attached hydrogens (tertiary/aromatic N) is 4. The number of carbonyl (C=O) groups is 3. The van der Waals surface area contributed by atoms with Crippen LogP contribution in [-0.2, 0) is 22.7 Å². The molecule has 47 heavy (non-hydrogen) atoms. The number of nitro benzene ring substituents is 2. The fourth-order valence-corrected chi connectivity index (χ4v) is 7.80. The fourth-order valence-electron chi connectivity index (χ4n) is 5.30. The number of benzene rings is 3. The minimum Gasteiger partial charge on any atom is -0.445 e. The molecular formula is C32H32N4O9S2. The molecule has 2 amide bonds. The summed E-state index contributed by atoms with van der Waals surface area (Å²) in [6.45, 7) is 1.29. The lowest BCUT2D eigenvalue weighted by atomic mass is 10.2. The summed E-state index contributed by atoms with van der Waals surface area (Å²) in [7, 11) is 0. The third kappa shape index (κ3) is 9.23. The van der Waals surface area contributed by atoms with E-state index < -0.39 is 22.0 Å². The standard InChI is InChI=1S/C32H32N4O9S2/c37-30(24-4-2-1-3-5-24)47-29-16-27(34(18-29)32(39)45-20-23-8-12-26(13-9-23)36(42)43)21-46-28-14-15-33(17-28)31(38)44-19-22-6-10-25(11-7-22)35(40)41/h1-13,27-29H,14-21H2/t27-,28-,29-/m0/s1. The number of ether oxygens (including phenoxy) is 2. The number of hydrogen-bond acceptors (Lipinski definition) is 11. The van der Waals surface area contributed by atoms with Gasteiger partial charge in [0.05, 0.1) is 9.85 Å². The molecule has 2 saturated heterocycles. The van der Waals surface area contributed by atoms with Gasteiger partial charge in [-0.3, -0.25) is 25.0 Å². The number of likely N-dealkylation sites (tertiary alicyclic amines) is 2. The normalized spacial score (nSPS) is 18.9. The maximum Gasteiger partial charge on any atom is 0.410 e. The quantitative estimate of drug-likeness (QED) is 0.165. The Hall–Kier alpha value is -4.63. The number of rotatable bonds is 11. The molecule has 2 heterocycles. The third-order valence-corrected chi connectivity index (χ3v) is 10.4. The summed E-state index contributed by atoms with van der Waals surface area (Å²) in [5, 5.41) is 21.7. The van der Waals surface area contributed by atoms with Gasteiger partial charge in [-0.25, -0.2) is 9.59 Å². The maximum absolute atomic E-state index is 13.3. The molecule has 246 valence electrons. The number of non-ortho nitro benzene ring substituents is 2. The highest BCUT2D eigenvalue weighted by Gasteiger charge is 2.39. The Bertz CT molecular complexity index is 1590. The van der Waals surface area contributed by atoms with Crippen molar-refractivity contribution < 1.29 is 33.7 Å². The van der Waals surface area contributed by atoms with Crippen LogP contribution in [0.2, 0.25) is 0 Å². The number of carbonyl (C=O) groups excluding carboxylic acids is 3. The second kappa shape index (κ2) is 15.8. The topological polar surface area (TPSA) is 162 Å². The van der Waals surface area contributed by atoms with Crippen LogP contribution in [0.5, 0.6) is 0 Å². The van der Waals surface area contributed by atoms with Crippen molar-refractivity contribution in [1.82, 2.24) is 9.80 Å². The number of nitro groups is 2. The molecule has 0 aliphatic carbocycles. The molecule has 0 saturated carbocycles. The maximum atomic E-state index is 13.3. The molecule has 3 aromatic rings. The Balaban J connectivity index is 1.14. The summed E-state index contributed by atoms with van der Waals surface area (Å²) in [5.74, 6) is 0.583. The molecule has 13 nitrogen and oxygen atoms in total. The van der Waals surface area contributed by atoms with E-state index in [0.717, 1.165) is 6.42 Å². The van der Waals surface area contributed by atoms with Gasteiger partial charge in [-0.1, -0.05) is 42.1 Å². The predicted octanol–water partition coefficient (Wildman–Crippen LogP) is 6.30. The minimum atomic E-state index is -0.521. The van der Waals surface area contributed by atoms with E-state index >= 15 is 0 Å². The van der Waals surface area contributed by atoms with Gasteiger partial charge in [-0.15, -0.1) is 0 Å². The molecule has 2 aliphatic rings. The lowest BCUT2D eigenvalue weighted by Crippen LogP contribution is -2.38. The van der Waals surface area contributed by atoms with Crippen LogP contribution in [0.15, 0.2) is 78.9 Å². The van der Waals surface area contributed by atoms with Crippen LogP contribution in [0.1, 0.15) is 34.3 Å². The molecule has 5 rings (SSSR count). The summed E-state index contributed by atoms with van der Waals surface area (Å²) in [5.41, 5.74) is 1.77. The zero-order valence-corrected chi connectivity index (χ0v) is 26.8. The van der Waals surface area contributed by atoms with Crippen LogP contribution >= 0.6 is 23.5 Å². The fraction of sp³-hybridized carbons (Fsp3) is 0.344. The van der Waals surface area contributed by atoms with Gasteiger partial charge in [-0.05, 0) is 48.2 Å². The third-order valence-electron chi connectivity index (χ3n) is 7.84. The van der Waals surface area contributed by atoms with Gasteiger partial charge in [0.2, 0.25) is 5.12 Å². The highest BCUT2D eigenvalue weighted by atomic mass is 32.2. The van der Waals surface area contributed by atoms with E-state index in [1.54, 1.807) is 70.1 Å². The predicted molar refractivity (Wildman–Crippen MR) is 176 cm³/mol. The minimum absolute atomic E-state index is 0.00487. The molecule has 0 radical (unpaired) electrons. The lowest BCUT2D eigenvalue weighted by Gasteiger charge is -2.24. The van der Waals surface area contributed by atoms with Crippen molar-refractivity contribution in [2.24, 2.45) is 0 Å². The number of thioether (sulfide) groups is 2. The van der Waals surface area contributed by atoms with Crippen molar-refractivity contribution in [2.75, 3.05) is 25.4 Å². The Morgan fingerprint density at radius 2 is 1.34 bits per heavy atom. The van der Waals surface area contributed by atoms with Crippen LogP contribution < -0.4 is 0 Å². The zero-order chi connectivity index (χ0) is 33.3. The first-order valence-electron chi connectivity index (χ1n) is 14.9. The van der Waals surface area contributed by atoms with Crippen molar-refractivity contribution >= 4 is 52.2 Å². The van der Waals surface area contributed by atoms with Crippen molar-refractivity contribution in [2.45, 2.75) is 42.6 Å². The monoisotopic (exact) mass is 680 g/mol. The summed E-state index contributed by atoms with van der Waals surface area (Å²) in [6, 6.07) is 20.4. The first-order chi connectivity index (χ1) is 22.7. The van der Waals surface area contributed by atoms with E-state index in [1.165, 1.54) is 36.0 Å². The van der Waals surface area contributed by atoms with Crippen LogP contribution in [0.4, 0.5) is 21.0 Å². The molecule has 3 aromatic carbocycles. The first-order valence-corrected chi connectivity index (χ1v) is 16.8. The Labute approximate surface area is 278 Å². The average Bonchev–Trinajstić information content (AvgIpc) is 3.73. The van der Waals surface area contributed by atoms with Gasteiger partial charge in [0.25, 0.3) is 11.4 Å². The summed E-state index contributed by atoms with van der Waals surface area (Å²) in [6.07, 6.45) is 0.363. The van der Waals surface area contributed by atoms with Gasteiger partial charge in [0.15, 0.2) is 0 Å². The first kappa shape index (κ1) is 33.7. The molecule has 15 heteroatoms. The summed E-state index contributed by atoms with van der Waals surface area (Å²) in [4.78, 5) is 63.0. The lowest BCUT2D eigenvalue weighted by molar-refractivity contribution is -0.385. The molecule has 0 bridgehead atoms. The summed E-state index contributed by atoms with van der Waals surface area (Å²) >= 11 is 2.87. The van der Waals surface area contributed by atoms with Gasteiger partial charge in [-0.2, -0.15) is 11.8 Å². The van der Waals surface area contributed by atoms with Crippen LogP contribution in [0, 0.1) is 20.2 Å². The Kier molecular flexibility index (Phi) is 11.3. The summed E-state index contributed by atoms with van der Waals surface area (Å²) < 4.78 is 11.0. The average molecular weight is 681 g/mol. The molecule has 3 atom stereocenters. The van der Waals surface area contributed by atoms with Gasteiger partial charge < -0.3 is 19.3 Å². The molecule has 0 spiro atoms. The zero-order valence-electron chi connectivity index (χ0n) is 25.2. The van der Waals surface area contributed by atoms with E-state index in [-0.39, 0.29) is 46.2 Å². The molecule has 0 N–H and O–H groups in total. The van der Waals surface area contributed by atoms with Crippen LogP contribution in [-0.4, -0.2) is 78.9 Å². The van der Waals surface area contributed by atoms with Crippen molar-refractivity contribution in [3.8, 4) is 0 Å². The Morgan fingerprint density at radius 1 is 0.766 bits per heavy atom. The van der Waals surface area contributed by atoms with Crippen LogP contribution in [0.25, 0.3) is 0 Å². The van der Waals surface area contributed by atoms with E-state index in [0.29, 0.717) is 48.5 Å². The van der Waals surface area contributed by atoms with Crippen LogP contribution in [0.3, 0.4) is 0 Å². The van der Waals surface area contributed by atoms with E-state index in [4.69, 9.17) is 9.47 Å². The van der Waals surface area contributed by atoms with Crippen molar-refractivity contribution in [3.63, 3.8) is 0 Å².